The maximum atomic E-state index is 13.1. The molecular formula is C12H9BrFN3O3. The van der Waals surface area contributed by atoms with Crippen LogP contribution in [0, 0.1) is 15.9 Å². The summed E-state index contributed by atoms with van der Waals surface area (Å²) in [5.74, 6) is -1.25. The third kappa shape index (κ3) is 2.79. The molecule has 8 heteroatoms. The van der Waals surface area contributed by atoms with Crippen LogP contribution in [0.25, 0.3) is 0 Å². The Labute approximate surface area is 121 Å². The van der Waals surface area contributed by atoms with Gasteiger partial charge in [0.15, 0.2) is 5.78 Å². The molecular weight excluding hydrogens is 333 g/mol. The number of benzene rings is 1. The first-order chi connectivity index (χ1) is 9.32. The number of alkyl halides is 1. The van der Waals surface area contributed by atoms with Crippen LogP contribution < -0.4 is 0 Å². The van der Waals surface area contributed by atoms with Gasteiger partial charge in [-0.3, -0.25) is 4.79 Å². The molecule has 104 valence electrons. The van der Waals surface area contributed by atoms with Gasteiger partial charge in [-0.25, -0.2) is 9.38 Å². The van der Waals surface area contributed by atoms with Crippen LogP contribution >= 0.6 is 15.9 Å². The van der Waals surface area contributed by atoms with Crippen molar-refractivity contribution >= 4 is 33.4 Å². The number of carbonyl (C=O) groups is 1. The van der Waals surface area contributed by atoms with Crippen molar-refractivity contribution in [2.75, 3.05) is 0 Å². The average molecular weight is 342 g/mol. The van der Waals surface area contributed by atoms with E-state index in [4.69, 9.17) is 0 Å². The van der Waals surface area contributed by atoms with Crippen molar-refractivity contribution in [3.05, 3.63) is 45.8 Å². The number of ketones is 1. The number of nitro groups is 1. The molecule has 0 amide bonds. The highest BCUT2D eigenvalue weighted by atomic mass is 79.9. The maximum Gasteiger partial charge on any atom is 0.380 e. The summed E-state index contributed by atoms with van der Waals surface area (Å²) in [6.07, 6.45) is -0.312. The average Bonchev–Trinajstić information content (AvgIpc) is 2.64. The highest BCUT2D eigenvalue weighted by Gasteiger charge is 2.48. The lowest BCUT2D eigenvalue weighted by molar-refractivity contribution is -0.354. The molecule has 1 aromatic rings. The molecule has 1 aromatic carbocycles. The lowest BCUT2D eigenvalue weighted by atomic mass is 10.0. The first-order valence-electron chi connectivity index (χ1n) is 5.59. The van der Waals surface area contributed by atoms with E-state index in [9.17, 15) is 19.3 Å². The van der Waals surface area contributed by atoms with E-state index in [1.165, 1.54) is 25.1 Å². The number of hydrogen-bond acceptors (Lipinski definition) is 5. The molecule has 0 aromatic heterocycles. The van der Waals surface area contributed by atoms with Gasteiger partial charge in [0.1, 0.15) is 5.82 Å². The lowest BCUT2D eigenvalue weighted by Crippen LogP contribution is -2.35. The van der Waals surface area contributed by atoms with E-state index in [1.807, 2.05) is 0 Å². The number of nitrogens with zero attached hydrogens (tertiary/aromatic N) is 3. The first kappa shape index (κ1) is 14.4. The second-order valence-electron chi connectivity index (χ2n) is 4.22. The van der Waals surface area contributed by atoms with E-state index in [-0.39, 0.29) is 17.8 Å². The molecule has 0 N–H and O–H groups in total. The predicted octanol–water partition coefficient (Wildman–Crippen LogP) is 2.60. The summed E-state index contributed by atoms with van der Waals surface area (Å²) in [4.78, 5) is 30.0. The summed E-state index contributed by atoms with van der Waals surface area (Å²) >= 11 is 3.10. The quantitative estimate of drug-likeness (QED) is 0.278. The topological polar surface area (TPSA) is 84.9 Å². The largest absolute Gasteiger partial charge is 0.380 e. The van der Waals surface area contributed by atoms with Crippen LogP contribution in [0.2, 0.25) is 0 Å². The van der Waals surface area contributed by atoms with Crippen molar-refractivity contribution in [1.29, 1.82) is 0 Å². The Morgan fingerprint density at radius 1 is 1.55 bits per heavy atom. The molecule has 0 fully saturated rings. The molecule has 0 saturated carbocycles. The zero-order valence-corrected chi connectivity index (χ0v) is 11.9. The number of amidine groups is 2. The van der Waals surface area contributed by atoms with Crippen LogP contribution in [0.4, 0.5) is 4.39 Å². The molecule has 1 aliphatic rings. The normalized spacial score (nSPS) is 21.4. The van der Waals surface area contributed by atoms with E-state index in [2.05, 4.69) is 25.9 Å². The molecule has 1 heterocycles. The smallest absolute Gasteiger partial charge is 0.358 e. The molecule has 0 saturated heterocycles. The highest BCUT2D eigenvalue weighted by molar-refractivity contribution is 9.10. The van der Waals surface area contributed by atoms with Crippen molar-refractivity contribution in [1.82, 2.24) is 0 Å². The van der Waals surface area contributed by atoms with Gasteiger partial charge in [-0.15, -0.1) is 0 Å². The Bertz CT molecular complexity index is 659. The highest BCUT2D eigenvalue weighted by Crippen LogP contribution is 2.32. The fraction of sp³-hybridized carbons (Fsp3) is 0.250. The molecule has 0 radical (unpaired) electrons. The number of aliphatic imine (C=N–C) groups is 2. The summed E-state index contributed by atoms with van der Waals surface area (Å²) in [6, 6.07) is 5.13. The molecule has 6 nitrogen and oxygen atoms in total. The molecule has 2 rings (SSSR count). The number of carbonyl (C=O) groups excluding carboxylic acids is 1. The maximum absolute atomic E-state index is 13.1. The molecule has 0 spiro atoms. The molecule has 1 aliphatic heterocycles. The summed E-state index contributed by atoms with van der Waals surface area (Å²) < 4.78 is 11.6. The van der Waals surface area contributed by atoms with Crippen molar-refractivity contribution in [2.24, 2.45) is 9.98 Å². The van der Waals surface area contributed by atoms with Gasteiger partial charge >= 0.3 is 5.84 Å². The molecule has 0 aliphatic carbocycles. The number of rotatable bonds is 3. The van der Waals surface area contributed by atoms with Crippen LogP contribution in [0.5, 0.6) is 0 Å². The zero-order valence-electron chi connectivity index (χ0n) is 10.3. The van der Waals surface area contributed by atoms with Gasteiger partial charge in [0, 0.05) is 12.5 Å². The monoisotopic (exact) mass is 341 g/mol. The van der Waals surface area contributed by atoms with Gasteiger partial charge in [0.25, 0.3) is 0 Å². The second kappa shape index (κ2) is 5.20. The van der Waals surface area contributed by atoms with E-state index < -0.39 is 26.8 Å². The molecule has 1 unspecified atom stereocenters. The zero-order chi connectivity index (χ0) is 14.9. The Morgan fingerprint density at radius 2 is 2.25 bits per heavy atom. The minimum absolute atomic E-state index is 0.131. The third-order valence-electron chi connectivity index (χ3n) is 2.66. The van der Waals surface area contributed by atoms with Crippen LogP contribution in [0.15, 0.2) is 34.3 Å². The molecule has 20 heavy (non-hydrogen) atoms. The van der Waals surface area contributed by atoms with E-state index in [0.29, 0.717) is 0 Å². The lowest BCUT2D eigenvalue weighted by Gasteiger charge is -2.14. The van der Waals surface area contributed by atoms with Gasteiger partial charge in [0.2, 0.25) is 10.3 Å². The summed E-state index contributed by atoms with van der Waals surface area (Å²) in [7, 11) is 0. The Balaban J connectivity index is 2.27. The van der Waals surface area contributed by atoms with Gasteiger partial charge < -0.3 is 10.1 Å². The molecule has 1 atom stereocenters. The minimum Gasteiger partial charge on any atom is -0.358 e. The second-order valence-corrected chi connectivity index (χ2v) is 5.53. The van der Waals surface area contributed by atoms with Gasteiger partial charge in [-0.05, 0) is 38.0 Å². The molecule has 0 bridgehead atoms. The van der Waals surface area contributed by atoms with Crippen LogP contribution in [-0.2, 0) is 0 Å². The third-order valence-corrected chi connectivity index (χ3v) is 3.48. The van der Waals surface area contributed by atoms with Crippen molar-refractivity contribution in [3.63, 3.8) is 0 Å². The predicted molar refractivity (Wildman–Crippen MR) is 74.5 cm³/mol. The van der Waals surface area contributed by atoms with E-state index in [1.54, 1.807) is 0 Å². The SMILES string of the molecule is CC1=NC(Br)(CC(=O)c2cccc(F)c2)C([N+](=O)[O-])=N1. The van der Waals surface area contributed by atoms with E-state index >= 15 is 0 Å². The van der Waals surface area contributed by atoms with Crippen LogP contribution in [0.1, 0.15) is 23.7 Å². The van der Waals surface area contributed by atoms with Gasteiger partial charge in [0.05, 0.1) is 6.42 Å². The first-order valence-corrected chi connectivity index (χ1v) is 6.39. The summed E-state index contributed by atoms with van der Waals surface area (Å²) in [5, 5.41) is 10.9. The Hall–Kier alpha value is -1.96. The minimum atomic E-state index is -1.50. The fourth-order valence-corrected chi connectivity index (χ4v) is 2.59. The van der Waals surface area contributed by atoms with Crippen molar-refractivity contribution in [2.45, 2.75) is 17.8 Å². The van der Waals surface area contributed by atoms with Crippen LogP contribution in [0.3, 0.4) is 0 Å². The van der Waals surface area contributed by atoms with Gasteiger partial charge in [-0.2, -0.15) is 0 Å². The number of hydrogen-bond donors (Lipinski definition) is 0. The Kier molecular flexibility index (Phi) is 3.76. The summed E-state index contributed by atoms with van der Waals surface area (Å²) in [5.41, 5.74) is 0.131. The Morgan fingerprint density at radius 3 is 2.85 bits per heavy atom. The van der Waals surface area contributed by atoms with E-state index in [0.717, 1.165) is 6.07 Å². The van der Waals surface area contributed by atoms with Gasteiger partial charge in [-0.1, -0.05) is 12.1 Å². The number of Topliss-reactive ketones (excluding diaryl/α,β-unsaturated/α-hetero) is 1. The van der Waals surface area contributed by atoms with Crippen molar-refractivity contribution in [3.8, 4) is 0 Å². The van der Waals surface area contributed by atoms with Crippen molar-refractivity contribution < 1.29 is 14.1 Å². The fourth-order valence-electron chi connectivity index (χ4n) is 1.85. The summed E-state index contributed by atoms with van der Waals surface area (Å²) in [6.45, 7) is 1.50. The number of halogens is 2. The van der Waals surface area contributed by atoms with Crippen LogP contribution in [-0.4, -0.2) is 26.8 Å². The standard InChI is InChI=1S/C12H9BrFN3O3/c1-7-15-11(17(19)20)12(13,16-7)6-10(18)8-3-2-4-9(14)5-8/h2-5H,6H2,1H3.